The first kappa shape index (κ1) is 36.4. The van der Waals surface area contributed by atoms with Crippen molar-refractivity contribution >= 4 is 5.91 Å². The van der Waals surface area contributed by atoms with E-state index in [2.05, 4.69) is 19.2 Å². The molecule has 0 heterocycles. The van der Waals surface area contributed by atoms with Crippen molar-refractivity contribution < 1.29 is 15.0 Å². The van der Waals surface area contributed by atoms with Gasteiger partial charge in [0.25, 0.3) is 0 Å². The van der Waals surface area contributed by atoms with Gasteiger partial charge in [-0.1, -0.05) is 168 Å². The molecule has 0 fully saturated rings. The molecule has 0 aromatic carbocycles. The van der Waals surface area contributed by atoms with Crippen LogP contribution < -0.4 is 5.32 Å². The average molecular weight is 526 g/mol. The normalized spacial score (nSPS) is 13.1. The third kappa shape index (κ3) is 26.8. The molecule has 0 aromatic heterocycles. The zero-order valence-corrected chi connectivity index (χ0v) is 25.3. The molecule has 0 aromatic rings. The number of rotatable bonds is 30. The van der Waals surface area contributed by atoms with E-state index in [0.29, 0.717) is 12.8 Å². The van der Waals surface area contributed by atoms with Crippen molar-refractivity contribution in [3.05, 3.63) is 0 Å². The number of aliphatic hydroxyl groups is 2. The smallest absolute Gasteiger partial charge is 0.220 e. The topological polar surface area (TPSA) is 69.6 Å². The molecular formula is C33H67NO3. The number of carbonyl (C=O) groups excluding carboxylic acids is 1. The van der Waals surface area contributed by atoms with E-state index in [-0.39, 0.29) is 12.5 Å². The van der Waals surface area contributed by atoms with Gasteiger partial charge >= 0.3 is 0 Å². The molecule has 222 valence electrons. The highest BCUT2D eigenvalue weighted by molar-refractivity contribution is 5.76. The Morgan fingerprint density at radius 1 is 0.541 bits per heavy atom. The molecule has 2 atom stereocenters. The van der Waals surface area contributed by atoms with Crippen molar-refractivity contribution in [3.8, 4) is 0 Å². The summed E-state index contributed by atoms with van der Waals surface area (Å²) in [6.07, 6.45) is 32.9. The van der Waals surface area contributed by atoms with Gasteiger partial charge in [0.1, 0.15) is 0 Å². The van der Waals surface area contributed by atoms with Gasteiger partial charge in [-0.05, 0) is 12.8 Å². The van der Waals surface area contributed by atoms with E-state index >= 15 is 0 Å². The molecule has 37 heavy (non-hydrogen) atoms. The van der Waals surface area contributed by atoms with Crippen LogP contribution in [-0.4, -0.2) is 34.9 Å². The zero-order chi connectivity index (χ0) is 27.2. The predicted molar refractivity (Wildman–Crippen MR) is 161 cm³/mol. The Bertz CT molecular complexity index is 457. The van der Waals surface area contributed by atoms with Crippen molar-refractivity contribution in [2.75, 3.05) is 6.61 Å². The van der Waals surface area contributed by atoms with Crippen LogP contribution in [0.2, 0.25) is 0 Å². The minimum atomic E-state index is -0.649. The molecule has 1 amide bonds. The largest absolute Gasteiger partial charge is 0.394 e. The highest BCUT2D eigenvalue weighted by Gasteiger charge is 2.19. The van der Waals surface area contributed by atoms with E-state index in [0.717, 1.165) is 25.7 Å². The highest BCUT2D eigenvalue weighted by atomic mass is 16.3. The Hall–Kier alpha value is -0.610. The van der Waals surface area contributed by atoms with Gasteiger partial charge in [0, 0.05) is 6.42 Å². The average Bonchev–Trinajstić information content (AvgIpc) is 2.90. The Morgan fingerprint density at radius 3 is 1.22 bits per heavy atom. The summed E-state index contributed by atoms with van der Waals surface area (Å²) < 4.78 is 0. The summed E-state index contributed by atoms with van der Waals surface area (Å²) in [5, 5.41) is 22.9. The summed E-state index contributed by atoms with van der Waals surface area (Å²) in [7, 11) is 0. The Balaban J connectivity index is 3.53. The van der Waals surface area contributed by atoms with Gasteiger partial charge in [0.2, 0.25) is 5.91 Å². The lowest BCUT2D eigenvalue weighted by atomic mass is 10.0. The molecule has 0 rings (SSSR count). The molecule has 0 aliphatic heterocycles. The molecule has 0 saturated carbocycles. The lowest BCUT2D eigenvalue weighted by molar-refractivity contribution is -0.123. The first-order chi connectivity index (χ1) is 18.2. The van der Waals surface area contributed by atoms with E-state index in [1.165, 1.54) is 135 Å². The predicted octanol–water partition coefficient (Wildman–Crippen LogP) is 9.40. The second-order valence-electron chi connectivity index (χ2n) is 11.6. The third-order valence-electron chi connectivity index (χ3n) is 7.87. The summed E-state index contributed by atoms with van der Waals surface area (Å²) in [6.45, 7) is 4.33. The molecular weight excluding hydrogens is 458 g/mol. The second kappa shape index (κ2) is 29.9. The van der Waals surface area contributed by atoms with Crippen LogP contribution in [0.1, 0.15) is 187 Å². The van der Waals surface area contributed by atoms with Crippen LogP contribution in [0.15, 0.2) is 0 Å². The lowest BCUT2D eigenvalue weighted by Gasteiger charge is -2.22. The van der Waals surface area contributed by atoms with Crippen LogP contribution in [0.25, 0.3) is 0 Å². The number of unbranched alkanes of at least 4 members (excludes halogenated alkanes) is 23. The van der Waals surface area contributed by atoms with Crippen molar-refractivity contribution in [2.24, 2.45) is 0 Å². The Kier molecular flexibility index (Phi) is 29.4. The lowest BCUT2D eigenvalue weighted by Crippen LogP contribution is -2.45. The van der Waals surface area contributed by atoms with Crippen LogP contribution in [0.4, 0.5) is 0 Å². The van der Waals surface area contributed by atoms with E-state index in [9.17, 15) is 15.0 Å². The van der Waals surface area contributed by atoms with E-state index in [1.807, 2.05) is 0 Å². The van der Waals surface area contributed by atoms with Crippen LogP contribution in [0.3, 0.4) is 0 Å². The molecule has 3 N–H and O–H groups in total. The van der Waals surface area contributed by atoms with Gasteiger partial charge in [-0.25, -0.2) is 0 Å². The highest BCUT2D eigenvalue weighted by Crippen LogP contribution is 2.15. The minimum absolute atomic E-state index is 0.0342. The number of carbonyl (C=O) groups is 1. The molecule has 0 bridgehead atoms. The van der Waals surface area contributed by atoms with Crippen molar-refractivity contribution in [1.29, 1.82) is 0 Å². The fourth-order valence-electron chi connectivity index (χ4n) is 5.24. The summed E-state index contributed by atoms with van der Waals surface area (Å²) in [5.74, 6) is -0.0342. The molecule has 0 radical (unpaired) electrons. The maximum absolute atomic E-state index is 12.2. The molecule has 0 aliphatic carbocycles. The van der Waals surface area contributed by atoms with E-state index in [1.54, 1.807) is 0 Å². The number of amides is 1. The molecule has 0 saturated heterocycles. The summed E-state index contributed by atoms with van der Waals surface area (Å²) in [5.41, 5.74) is 0. The van der Waals surface area contributed by atoms with Crippen molar-refractivity contribution in [2.45, 2.75) is 199 Å². The van der Waals surface area contributed by atoms with Crippen LogP contribution in [0, 0.1) is 0 Å². The SMILES string of the molecule is CCCCCCCCCCCCCCCCCCC(O)C(CO)NC(=O)CCCCCCCCCCC. The van der Waals surface area contributed by atoms with Crippen molar-refractivity contribution in [1.82, 2.24) is 5.32 Å². The first-order valence-electron chi connectivity index (χ1n) is 16.7. The van der Waals surface area contributed by atoms with Crippen LogP contribution in [-0.2, 0) is 4.79 Å². The second-order valence-corrected chi connectivity index (χ2v) is 11.6. The standard InChI is InChI=1S/C33H67NO3/c1-3-5-7-9-11-13-14-15-16-17-18-19-21-22-24-26-28-32(36)31(30-35)34-33(37)29-27-25-23-20-12-10-8-6-4-2/h31-32,35-36H,3-30H2,1-2H3,(H,34,37). The minimum Gasteiger partial charge on any atom is -0.394 e. The number of nitrogens with one attached hydrogen (secondary N) is 1. The summed E-state index contributed by atoms with van der Waals surface area (Å²) in [4.78, 5) is 12.2. The fraction of sp³-hybridized carbons (Fsp3) is 0.970. The maximum atomic E-state index is 12.2. The van der Waals surface area contributed by atoms with Gasteiger partial charge in [-0.2, -0.15) is 0 Å². The van der Waals surface area contributed by atoms with Gasteiger partial charge in [-0.15, -0.1) is 0 Å². The van der Waals surface area contributed by atoms with Gasteiger partial charge in [0.05, 0.1) is 18.8 Å². The molecule has 0 aliphatic rings. The fourth-order valence-corrected chi connectivity index (χ4v) is 5.24. The monoisotopic (exact) mass is 526 g/mol. The number of hydrogen-bond donors (Lipinski definition) is 3. The zero-order valence-electron chi connectivity index (χ0n) is 25.3. The van der Waals surface area contributed by atoms with E-state index in [4.69, 9.17) is 0 Å². The van der Waals surface area contributed by atoms with Gasteiger partial charge in [0.15, 0.2) is 0 Å². The molecule has 4 nitrogen and oxygen atoms in total. The number of aliphatic hydroxyl groups excluding tert-OH is 2. The summed E-state index contributed by atoms with van der Waals surface area (Å²) in [6, 6.07) is -0.526. The van der Waals surface area contributed by atoms with Crippen molar-refractivity contribution in [3.63, 3.8) is 0 Å². The van der Waals surface area contributed by atoms with Crippen LogP contribution >= 0.6 is 0 Å². The number of hydrogen-bond acceptors (Lipinski definition) is 3. The van der Waals surface area contributed by atoms with Crippen LogP contribution in [0.5, 0.6) is 0 Å². The molecule has 4 heteroatoms. The first-order valence-corrected chi connectivity index (χ1v) is 16.7. The Morgan fingerprint density at radius 2 is 0.865 bits per heavy atom. The molecule has 2 unspecified atom stereocenters. The van der Waals surface area contributed by atoms with Gasteiger partial charge in [-0.3, -0.25) is 4.79 Å². The summed E-state index contributed by atoms with van der Waals surface area (Å²) >= 11 is 0. The Labute approximate surface area is 232 Å². The molecule has 0 spiro atoms. The third-order valence-corrected chi connectivity index (χ3v) is 7.87. The quantitative estimate of drug-likeness (QED) is 0.0818. The van der Waals surface area contributed by atoms with Gasteiger partial charge < -0.3 is 15.5 Å². The van der Waals surface area contributed by atoms with E-state index < -0.39 is 12.1 Å². The maximum Gasteiger partial charge on any atom is 0.220 e.